The van der Waals surface area contributed by atoms with E-state index in [1.165, 1.54) is 0 Å². The van der Waals surface area contributed by atoms with Gasteiger partial charge in [-0.25, -0.2) is 0 Å². The van der Waals surface area contributed by atoms with Gasteiger partial charge in [0.25, 0.3) is 0 Å². The van der Waals surface area contributed by atoms with Crippen molar-refractivity contribution >= 4 is 43.2 Å². The van der Waals surface area contributed by atoms with Crippen molar-refractivity contribution in [2.75, 3.05) is 36.3 Å². The van der Waals surface area contributed by atoms with Gasteiger partial charge in [0.1, 0.15) is 0 Å². The second-order valence-corrected chi connectivity index (χ2v) is 8.14. The van der Waals surface area contributed by atoms with Gasteiger partial charge in [-0.2, -0.15) is 11.8 Å². The number of hydrogen-bond acceptors (Lipinski definition) is 4. The fourth-order valence-corrected chi connectivity index (χ4v) is 5.55. The highest BCUT2D eigenvalue weighted by molar-refractivity contribution is 14.1. The Bertz CT molecular complexity index is 148. The molecule has 6 heteroatoms. The Balaban J connectivity index is 2.44. The van der Waals surface area contributed by atoms with Gasteiger partial charge in [0.15, 0.2) is 0 Å². The van der Waals surface area contributed by atoms with Gasteiger partial charge in [0, 0.05) is 37.9 Å². The molecule has 0 aromatic rings. The summed E-state index contributed by atoms with van der Waals surface area (Å²) >= 11 is 4.25. The standard InChI is InChI=1S/C8H17IO3SSi/c1-10-14(8-2-3-9)11-4-6-13-7-5-12-14/h2-8H2,1H3. The molecule has 14 heavy (non-hydrogen) atoms. The molecule has 0 aromatic carbocycles. The van der Waals surface area contributed by atoms with E-state index in [0.29, 0.717) is 0 Å². The Hall–Kier alpha value is 1.18. The molecule has 0 aliphatic carbocycles. The van der Waals surface area contributed by atoms with Crippen LogP contribution in [0.5, 0.6) is 0 Å². The molecule has 84 valence electrons. The summed E-state index contributed by atoms with van der Waals surface area (Å²) in [5.41, 5.74) is 0. The van der Waals surface area contributed by atoms with Crippen LogP contribution in [0.4, 0.5) is 0 Å². The largest absolute Gasteiger partial charge is 0.500 e. The molecule has 1 heterocycles. The molecule has 0 radical (unpaired) electrons. The van der Waals surface area contributed by atoms with Gasteiger partial charge in [-0.05, 0) is 10.8 Å². The summed E-state index contributed by atoms with van der Waals surface area (Å²) in [6.45, 7) is 1.54. The zero-order valence-corrected chi connectivity index (χ0v) is 12.4. The number of hydrogen-bond donors (Lipinski definition) is 0. The van der Waals surface area contributed by atoms with Crippen molar-refractivity contribution in [3.63, 3.8) is 0 Å². The molecule has 0 atom stereocenters. The predicted molar refractivity (Wildman–Crippen MR) is 70.3 cm³/mol. The first-order valence-electron chi connectivity index (χ1n) is 4.80. The maximum Gasteiger partial charge on any atom is 0.500 e. The maximum atomic E-state index is 5.79. The first kappa shape index (κ1) is 13.2. The van der Waals surface area contributed by atoms with E-state index in [1.54, 1.807) is 7.11 Å². The zero-order valence-electron chi connectivity index (χ0n) is 8.46. The van der Waals surface area contributed by atoms with E-state index in [1.807, 2.05) is 11.8 Å². The average molecular weight is 348 g/mol. The minimum Gasteiger partial charge on any atom is -0.377 e. The molecule has 0 unspecified atom stereocenters. The van der Waals surface area contributed by atoms with E-state index >= 15 is 0 Å². The first-order chi connectivity index (χ1) is 6.83. The molecule has 0 saturated carbocycles. The molecule has 0 aromatic heterocycles. The molecular weight excluding hydrogens is 331 g/mol. The summed E-state index contributed by atoms with van der Waals surface area (Å²) in [4.78, 5) is 0. The number of halogens is 1. The smallest absolute Gasteiger partial charge is 0.377 e. The van der Waals surface area contributed by atoms with Crippen molar-refractivity contribution in [1.82, 2.24) is 0 Å². The number of alkyl halides is 1. The Morgan fingerprint density at radius 1 is 1.36 bits per heavy atom. The zero-order chi connectivity index (χ0) is 10.3. The van der Waals surface area contributed by atoms with Crippen molar-refractivity contribution in [3.8, 4) is 0 Å². The van der Waals surface area contributed by atoms with Crippen LogP contribution in [0.3, 0.4) is 0 Å². The molecule has 1 saturated heterocycles. The molecule has 0 spiro atoms. The van der Waals surface area contributed by atoms with Gasteiger partial charge in [0.2, 0.25) is 0 Å². The molecule has 1 fully saturated rings. The molecule has 0 amide bonds. The van der Waals surface area contributed by atoms with Crippen molar-refractivity contribution in [2.24, 2.45) is 0 Å². The molecule has 3 nitrogen and oxygen atoms in total. The highest BCUT2D eigenvalue weighted by Crippen LogP contribution is 2.20. The third kappa shape index (κ3) is 4.36. The molecule has 1 aliphatic heterocycles. The number of thioether (sulfide) groups is 1. The second-order valence-electron chi connectivity index (χ2n) is 2.99. The lowest BCUT2D eigenvalue weighted by Crippen LogP contribution is -2.46. The summed E-state index contributed by atoms with van der Waals surface area (Å²) in [5, 5.41) is 0. The van der Waals surface area contributed by atoms with E-state index in [9.17, 15) is 0 Å². The van der Waals surface area contributed by atoms with Crippen molar-refractivity contribution in [2.45, 2.75) is 12.5 Å². The average Bonchev–Trinajstić information content (AvgIpc) is 2.18. The lowest BCUT2D eigenvalue weighted by Gasteiger charge is -2.29. The lowest BCUT2D eigenvalue weighted by atomic mass is 10.6. The van der Waals surface area contributed by atoms with Crippen molar-refractivity contribution in [3.05, 3.63) is 0 Å². The summed E-state index contributed by atoms with van der Waals surface area (Å²) < 4.78 is 18.2. The van der Waals surface area contributed by atoms with Crippen LogP contribution in [-0.4, -0.2) is 45.1 Å². The summed E-state index contributed by atoms with van der Waals surface area (Å²) in [6, 6.07) is 0.955. The third-order valence-electron chi connectivity index (χ3n) is 2.03. The van der Waals surface area contributed by atoms with Crippen LogP contribution in [0.15, 0.2) is 0 Å². The minimum absolute atomic E-state index is 0.770. The summed E-state index contributed by atoms with van der Waals surface area (Å²) in [7, 11) is -0.562. The Labute approximate surface area is 105 Å². The van der Waals surface area contributed by atoms with Gasteiger partial charge in [-0.3, -0.25) is 0 Å². The Morgan fingerprint density at radius 3 is 2.50 bits per heavy atom. The van der Waals surface area contributed by atoms with Crippen LogP contribution in [0.25, 0.3) is 0 Å². The van der Waals surface area contributed by atoms with Gasteiger partial charge < -0.3 is 13.3 Å². The number of rotatable bonds is 4. The fraction of sp³-hybridized carbons (Fsp3) is 1.00. The van der Waals surface area contributed by atoms with Crippen LogP contribution >= 0.6 is 34.4 Å². The van der Waals surface area contributed by atoms with E-state index in [-0.39, 0.29) is 0 Å². The fourth-order valence-electron chi connectivity index (χ4n) is 1.30. The monoisotopic (exact) mass is 348 g/mol. The normalized spacial score (nSPS) is 22.7. The highest BCUT2D eigenvalue weighted by Gasteiger charge is 2.39. The van der Waals surface area contributed by atoms with Crippen molar-refractivity contribution < 1.29 is 13.3 Å². The Morgan fingerprint density at radius 2 is 2.00 bits per heavy atom. The van der Waals surface area contributed by atoms with Gasteiger partial charge in [-0.15, -0.1) is 0 Å². The topological polar surface area (TPSA) is 27.7 Å². The van der Waals surface area contributed by atoms with Gasteiger partial charge in [-0.1, -0.05) is 22.6 Å². The molecule has 0 bridgehead atoms. The van der Waals surface area contributed by atoms with Crippen LogP contribution in [0, 0.1) is 0 Å². The van der Waals surface area contributed by atoms with Crippen LogP contribution in [-0.2, 0) is 13.3 Å². The second kappa shape index (κ2) is 7.45. The molecule has 1 rings (SSSR count). The minimum atomic E-state index is -2.28. The van der Waals surface area contributed by atoms with Crippen LogP contribution in [0.2, 0.25) is 6.04 Å². The molecule has 0 N–H and O–H groups in total. The quantitative estimate of drug-likeness (QED) is 0.442. The summed E-state index contributed by atoms with van der Waals surface area (Å²) in [6.07, 6.45) is 1.12. The van der Waals surface area contributed by atoms with E-state index in [0.717, 1.165) is 41.6 Å². The predicted octanol–water partition coefficient (Wildman–Crippen LogP) is 2.18. The van der Waals surface area contributed by atoms with E-state index < -0.39 is 8.80 Å². The van der Waals surface area contributed by atoms with Crippen LogP contribution in [0.1, 0.15) is 6.42 Å². The molecule has 1 aliphatic rings. The van der Waals surface area contributed by atoms with Gasteiger partial charge in [0.05, 0.1) is 0 Å². The highest BCUT2D eigenvalue weighted by atomic mass is 127. The van der Waals surface area contributed by atoms with Gasteiger partial charge >= 0.3 is 8.80 Å². The maximum absolute atomic E-state index is 5.79. The van der Waals surface area contributed by atoms with E-state index in [2.05, 4.69) is 22.6 Å². The van der Waals surface area contributed by atoms with Crippen molar-refractivity contribution in [1.29, 1.82) is 0 Å². The first-order valence-corrected chi connectivity index (χ1v) is 9.41. The molecular formula is C8H17IO3SSi. The van der Waals surface area contributed by atoms with Crippen LogP contribution < -0.4 is 0 Å². The Kier molecular flexibility index (Phi) is 7.05. The third-order valence-corrected chi connectivity index (χ3v) is 6.58. The summed E-state index contributed by atoms with van der Waals surface area (Å²) in [5.74, 6) is 2.12. The lowest BCUT2D eigenvalue weighted by molar-refractivity contribution is 0.0863. The van der Waals surface area contributed by atoms with E-state index in [4.69, 9.17) is 13.3 Å². The SMILES string of the molecule is CO[Si]1(CCCI)OCCSCCO1.